The van der Waals surface area contributed by atoms with Crippen LogP contribution in [0.15, 0.2) is 16.8 Å². The van der Waals surface area contributed by atoms with Crippen molar-refractivity contribution in [3.8, 4) is 0 Å². The highest BCUT2D eigenvalue weighted by molar-refractivity contribution is 6.22. The molecule has 0 bridgehead atoms. The molecule has 0 spiro atoms. The Hall–Kier alpha value is -1.06. The molecule has 0 radical (unpaired) electrons. The van der Waals surface area contributed by atoms with Crippen molar-refractivity contribution in [3.05, 3.63) is 11.8 Å². The smallest absolute Gasteiger partial charge is 0.381 e. The van der Waals surface area contributed by atoms with Crippen LogP contribution in [0.4, 0.5) is 35.1 Å². The van der Waals surface area contributed by atoms with Gasteiger partial charge in [0.05, 0.1) is 12.2 Å². The summed E-state index contributed by atoms with van der Waals surface area (Å²) in [7, 11) is 0. The normalized spacial score (nSPS) is 18.4. The summed E-state index contributed by atoms with van der Waals surface area (Å²) in [5, 5.41) is -4.11. The minimum atomic E-state index is -6.46. The molecule has 116 valence electrons. The highest BCUT2D eigenvalue weighted by atomic mass is 35.5. The van der Waals surface area contributed by atoms with Gasteiger partial charge in [-0.05, 0) is 17.7 Å². The molecular formula is C9H7ClF8N2. The van der Waals surface area contributed by atoms with E-state index in [9.17, 15) is 35.1 Å². The third-order valence-corrected chi connectivity index (χ3v) is 2.62. The molecule has 1 N–H and O–H groups in total. The van der Waals surface area contributed by atoms with Crippen molar-refractivity contribution < 1.29 is 35.1 Å². The first-order valence-corrected chi connectivity index (χ1v) is 5.38. The van der Waals surface area contributed by atoms with E-state index >= 15 is 0 Å². The van der Waals surface area contributed by atoms with Crippen LogP contribution in [-0.2, 0) is 0 Å². The molecule has 2 nitrogen and oxygen atoms in total. The lowest BCUT2D eigenvalue weighted by Crippen LogP contribution is -2.62. The van der Waals surface area contributed by atoms with E-state index in [0.717, 1.165) is 0 Å². The number of nitrogens with zero attached hydrogens (tertiary/aromatic N) is 1. The van der Waals surface area contributed by atoms with Crippen molar-refractivity contribution >= 4 is 17.8 Å². The van der Waals surface area contributed by atoms with E-state index in [0.29, 0.717) is 12.3 Å². The maximum Gasteiger partial charge on any atom is 0.393 e. The third-order valence-electron chi connectivity index (χ3n) is 2.39. The molecule has 1 aliphatic heterocycles. The Morgan fingerprint density at radius 2 is 1.55 bits per heavy atom. The molecule has 0 saturated carbocycles. The number of hydrogen-bond acceptors (Lipinski definition) is 2. The average Bonchev–Trinajstić information content (AvgIpc) is 2.55. The number of rotatable bonds is 4. The van der Waals surface area contributed by atoms with Gasteiger partial charge in [0.2, 0.25) is 0 Å². The van der Waals surface area contributed by atoms with Gasteiger partial charge in [-0.3, -0.25) is 4.99 Å². The maximum atomic E-state index is 13.5. The lowest BCUT2D eigenvalue weighted by atomic mass is 10.0. The largest absolute Gasteiger partial charge is 0.393 e. The molecule has 0 unspecified atom stereocenters. The first-order chi connectivity index (χ1) is 8.86. The van der Waals surface area contributed by atoms with E-state index in [1.807, 2.05) is 0 Å². The van der Waals surface area contributed by atoms with Gasteiger partial charge in [-0.25, -0.2) is 0 Å². The predicted octanol–water partition coefficient (Wildman–Crippen LogP) is 3.28. The maximum absolute atomic E-state index is 13.5. The Kier molecular flexibility index (Phi) is 4.29. The summed E-state index contributed by atoms with van der Waals surface area (Å²) in [6, 6.07) is 0. The van der Waals surface area contributed by atoms with Gasteiger partial charge in [-0.1, -0.05) is 0 Å². The van der Waals surface area contributed by atoms with Gasteiger partial charge in [0, 0.05) is 12.8 Å². The molecule has 20 heavy (non-hydrogen) atoms. The van der Waals surface area contributed by atoms with Gasteiger partial charge in [-0.15, -0.1) is 0 Å². The summed E-state index contributed by atoms with van der Waals surface area (Å²) in [5.74, 6) is -18.5. The summed E-state index contributed by atoms with van der Waals surface area (Å²) in [6.07, 6.45) is 0.986. The van der Waals surface area contributed by atoms with Crippen LogP contribution in [0.25, 0.3) is 0 Å². The minimum absolute atomic E-state index is 0.0797. The Labute approximate surface area is 112 Å². The van der Waals surface area contributed by atoms with E-state index in [4.69, 9.17) is 0 Å². The van der Waals surface area contributed by atoms with Crippen LogP contribution in [0.1, 0.15) is 0 Å². The molecule has 0 fully saturated rings. The topological polar surface area (TPSA) is 24.4 Å². The number of hydrogen-bond donors (Lipinski definition) is 1. The average molecular weight is 331 g/mol. The summed E-state index contributed by atoms with van der Waals surface area (Å²) in [4.78, 5) is 3.42. The van der Waals surface area contributed by atoms with Crippen molar-refractivity contribution in [1.82, 2.24) is 5.32 Å². The first kappa shape index (κ1) is 17.0. The molecule has 0 aromatic carbocycles. The molecule has 1 aliphatic rings. The molecule has 0 amide bonds. The van der Waals surface area contributed by atoms with E-state index in [2.05, 4.69) is 16.6 Å². The first-order valence-electron chi connectivity index (χ1n) is 5.00. The Bertz CT molecular complexity index is 426. The van der Waals surface area contributed by atoms with Crippen LogP contribution >= 0.6 is 11.6 Å². The van der Waals surface area contributed by atoms with Gasteiger partial charge >= 0.3 is 23.1 Å². The van der Waals surface area contributed by atoms with Crippen LogP contribution in [0, 0.1) is 0 Å². The third kappa shape index (κ3) is 2.57. The zero-order chi connectivity index (χ0) is 15.8. The van der Waals surface area contributed by atoms with Crippen LogP contribution in [0.3, 0.4) is 0 Å². The van der Waals surface area contributed by atoms with Crippen LogP contribution in [-0.4, -0.2) is 42.5 Å². The standard InChI is InChI=1S/C9H7ClF8N2/c10-9(17,18)8(15,16)7(13,14)6(11,12)5-1-2-19-3-4-20-5/h1-2,20H,3-4H2. The summed E-state index contributed by atoms with van der Waals surface area (Å²) in [5.41, 5.74) is -1.65. The molecule has 0 aliphatic carbocycles. The molecule has 11 heteroatoms. The molecule has 0 atom stereocenters. The molecule has 0 saturated heterocycles. The zero-order valence-corrected chi connectivity index (χ0v) is 10.2. The van der Waals surface area contributed by atoms with Gasteiger partial charge in [-0.2, -0.15) is 35.1 Å². The number of aliphatic imine (C=N–C) groups is 1. The Morgan fingerprint density at radius 1 is 1.00 bits per heavy atom. The Morgan fingerprint density at radius 3 is 2.05 bits per heavy atom. The molecular weight excluding hydrogens is 324 g/mol. The summed E-state index contributed by atoms with van der Waals surface area (Å²) >= 11 is 3.82. The number of nitrogens with one attached hydrogen (secondary N) is 1. The van der Waals surface area contributed by atoms with Gasteiger partial charge in [0.15, 0.2) is 0 Å². The molecule has 0 aromatic rings. The second-order valence-electron chi connectivity index (χ2n) is 3.78. The van der Waals surface area contributed by atoms with E-state index in [-0.39, 0.29) is 13.1 Å². The quantitative estimate of drug-likeness (QED) is 0.621. The summed E-state index contributed by atoms with van der Waals surface area (Å²) < 4.78 is 104. The summed E-state index contributed by atoms with van der Waals surface area (Å²) in [6.45, 7) is -0.430. The highest BCUT2D eigenvalue weighted by Gasteiger charge is 2.81. The van der Waals surface area contributed by atoms with Gasteiger partial charge < -0.3 is 5.32 Å². The van der Waals surface area contributed by atoms with Crippen molar-refractivity contribution in [2.24, 2.45) is 4.99 Å². The zero-order valence-electron chi connectivity index (χ0n) is 9.42. The molecule has 1 rings (SSSR count). The monoisotopic (exact) mass is 330 g/mol. The van der Waals surface area contributed by atoms with Crippen LogP contribution in [0.5, 0.6) is 0 Å². The van der Waals surface area contributed by atoms with Crippen molar-refractivity contribution in [3.63, 3.8) is 0 Å². The lowest BCUT2D eigenvalue weighted by Gasteiger charge is -2.35. The fourth-order valence-corrected chi connectivity index (χ4v) is 1.39. The van der Waals surface area contributed by atoms with Gasteiger partial charge in [0.25, 0.3) is 0 Å². The van der Waals surface area contributed by atoms with Crippen LogP contribution < -0.4 is 5.32 Å². The number of alkyl halides is 9. The Balaban J connectivity index is 3.24. The van der Waals surface area contributed by atoms with E-state index in [1.54, 1.807) is 5.32 Å². The van der Waals surface area contributed by atoms with Crippen molar-refractivity contribution in [1.29, 1.82) is 0 Å². The second kappa shape index (κ2) is 5.05. The van der Waals surface area contributed by atoms with Crippen LogP contribution in [0.2, 0.25) is 0 Å². The van der Waals surface area contributed by atoms with E-state index in [1.165, 1.54) is 0 Å². The van der Waals surface area contributed by atoms with Crippen molar-refractivity contribution in [2.75, 3.05) is 13.1 Å². The highest BCUT2D eigenvalue weighted by Crippen LogP contribution is 2.55. The fraction of sp³-hybridized carbons (Fsp3) is 0.667. The molecule has 1 heterocycles. The van der Waals surface area contributed by atoms with Gasteiger partial charge in [0.1, 0.15) is 0 Å². The minimum Gasteiger partial charge on any atom is -0.381 e. The SMILES string of the molecule is FC(F)(Cl)C(F)(F)C(F)(F)C(F)(F)C1=CC=NCCN1. The second-order valence-corrected chi connectivity index (χ2v) is 4.26. The van der Waals surface area contributed by atoms with Crippen molar-refractivity contribution in [2.45, 2.75) is 23.1 Å². The van der Waals surface area contributed by atoms with E-state index < -0.39 is 28.8 Å². The number of allylic oxidation sites excluding steroid dienone is 2. The number of halogens is 9. The molecule has 0 aromatic heterocycles. The fourth-order valence-electron chi connectivity index (χ4n) is 1.28. The lowest BCUT2D eigenvalue weighted by molar-refractivity contribution is -0.339. The predicted molar refractivity (Wildman–Crippen MR) is 55.1 cm³/mol.